The van der Waals surface area contributed by atoms with Gasteiger partial charge in [0.25, 0.3) is 5.91 Å². The third-order valence-corrected chi connectivity index (χ3v) is 4.41. The third-order valence-electron chi connectivity index (χ3n) is 4.18. The number of amides is 1. The summed E-state index contributed by atoms with van der Waals surface area (Å²) in [7, 11) is 0. The molecule has 1 amide bonds. The van der Waals surface area contributed by atoms with E-state index in [9.17, 15) is 15.0 Å². The second-order valence-corrected chi connectivity index (χ2v) is 6.30. The maximum absolute atomic E-state index is 12.2. The van der Waals surface area contributed by atoms with Crippen LogP contribution in [0.3, 0.4) is 0 Å². The van der Waals surface area contributed by atoms with Crippen molar-refractivity contribution in [2.24, 2.45) is 0 Å². The Kier molecular flexibility index (Phi) is 4.55. The Bertz CT molecular complexity index is 732. The molecule has 0 fully saturated rings. The van der Waals surface area contributed by atoms with Gasteiger partial charge in [0.05, 0.1) is 0 Å². The van der Waals surface area contributed by atoms with E-state index in [1.807, 2.05) is 6.07 Å². The topological polar surface area (TPSA) is 69.6 Å². The average molecular weight is 332 g/mol. The molecule has 3 rings (SSSR count). The van der Waals surface area contributed by atoms with Crippen molar-refractivity contribution in [2.75, 3.05) is 0 Å². The number of fused-ring (bicyclic) bond motifs is 1. The summed E-state index contributed by atoms with van der Waals surface area (Å²) in [6.07, 6.45) is 1.07. The summed E-state index contributed by atoms with van der Waals surface area (Å²) in [5, 5.41) is 23.1. The summed E-state index contributed by atoms with van der Waals surface area (Å²) in [6.45, 7) is 0. The number of halogens is 1. The minimum Gasteiger partial charge on any atom is -0.508 e. The van der Waals surface area contributed by atoms with E-state index in [0.717, 1.165) is 18.4 Å². The highest BCUT2D eigenvalue weighted by atomic mass is 35.5. The highest BCUT2D eigenvalue weighted by molar-refractivity contribution is 6.30. The SMILES string of the molecule is O=C(NC1CCc2ccc(O)cc2C1)C(O)c1cccc(Cl)c1. The van der Waals surface area contributed by atoms with Crippen molar-refractivity contribution < 1.29 is 15.0 Å². The van der Waals surface area contributed by atoms with Gasteiger partial charge in [-0.3, -0.25) is 4.79 Å². The van der Waals surface area contributed by atoms with Gasteiger partial charge in [-0.25, -0.2) is 0 Å². The molecule has 0 saturated heterocycles. The van der Waals surface area contributed by atoms with Crippen LogP contribution < -0.4 is 5.32 Å². The Morgan fingerprint density at radius 2 is 2.04 bits per heavy atom. The van der Waals surface area contributed by atoms with Crippen LogP contribution in [-0.2, 0) is 17.6 Å². The highest BCUT2D eigenvalue weighted by Gasteiger charge is 2.24. The second kappa shape index (κ2) is 6.60. The molecular formula is C18H18ClNO3. The Hall–Kier alpha value is -2.04. The zero-order valence-corrected chi connectivity index (χ0v) is 13.3. The van der Waals surface area contributed by atoms with Crippen molar-refractivity contribution in [3.63, 3.8) is 0 Å². The Balaban J connectivity index is 1.67. The summed E-state index contributed by atoms with van der Waals surface area (Å²) < 4.78 is 0. The number of hydrogen-bond acceptors (Lipinski definition) is 3. The molecule has 0 spiro atoms. The second-order valence-electron chi connectivity index (χ2n) is 5.86. The van der Waals surface area contributed by atoms with Crippen LogP contribution in [0.15, 0.2) is 42.5 Å². The van der Waals surface area contributed by atoms with Crippen LogP contribution >= 0.6 is 11.6 Å². The molecule has 0 aromatic heterocycles. The van der Waals surface area contributed by atoms with E-state index in [2.05, 4.69) is 5.32 Å². The molecule has 120 valence electrons. The number of aliphatic hydroxyl groups excluding tert-OH is 1. The molecule has 0 saturated carbocycles. The molecule has 2 unspecified atom stereocenters. The minimum absolute atomic E-state index is 0.0503. The van der Waals surface area contributed by atoms with Gasteiger partial charge < -0.3 is 15.5 Å². The summed E-state index contributed by atoms with van der Waals surface area (Å²) in [4.78, 5) is 12.2. The molecule has 3 N–H and O–H groups in total. The van der Waals surface area contributed by atoms with E-state index >= 15 is 0 Å². The van der Waals surface area contributed by atoms with Crippen molar-refractivity contribution in [1.82, 2.24) is 5.32 Å². The van der Waals surface area contributed by atoms with E-state index in [1.54, 1.807) is 36.4 Å². The van der Waals surface area contributed by atoms with Crippen molar-refractivity contribution in [2.45, 2.75) is 31.4 Å². The fourth-order valence-electron chi connectivity index (χ4n) is 2.97. The van der Waals surface area contributed by atoms with Gasteiger partial charge in [-0.2, -0.15) is 0 Å². The maximum atomic E-state index is 12.2. The van der Waals surface area contributed by atoms with Crippen LogP contribution in [0.25, 0.3) is 0 Å². The molecular weight excluding hydrogens is 314 g/mol. The molecule has 4 nitrogen and oxygen atoms in total. The molecule has 2 atom stereocenters. The molecule has 0 heterocycles. The molecule has 0 bridgehead atoms. The first-order valence-electron chi connectivity index (χ1n) is 7.57. The number of phenols is 1. The number of hydrogen-bond donors (Lipinski definition) is 3. The summed E-state index contributed by atoms with van der Waals surface area (Å²) in [5.74, 6) is -0.199. The van der Waals surface area contributed by atoms with Gasteiger partial charge >= 0.3 is 0 Å². The lowest BCUT2D eigenvalue weighted by atomic mass is 9.88. The van der Waals surface area contributed by atoms with E-state index in [1.165, 1.54) is 5.56 Å². The summed E-state index contributed by atoms with van der Waals surface area (Å²) in [5.41, 5.74) is 2.71. The van der Waals surface area contributed by atoms with Crippen LogP contribution in [0.4, 0.5) is 0 Å². The van der Waals surface area contributed by atoms with Crippen molar-refractivity contribution >= 4 is 17.5 Å². The van der Waals surface area contributed by atoms with E-state index in [-0.39, 0.29) is 11.8 Å². The molecule has 0 radical (unpaired) electrons. The van der Waals surface area contributed by atoms with Crippen molar-refractivity contribution in [1.29, 1.82) is 0 Å². The van der Waals surface area contributed by atoms with Crippen molar-refractivity contribution in [3.8, 4) is 5.75 Å². The summed E-state index contributed by atoms with van der Waals surface area (Å²) >= 11 is 5.89. The van der Waals surface area contributed by atoms with Crippen LogP contribution in [0.5, 0.6) is 5.75 Å². The zero-order valence-electron chi connectivity index (χ0n) is 12.5. The van der Waals surface area contributed by atoms with Crippen molar-refractivity contribution in [3.05, 3.63) is 64.2 Å². The van der Waals surface area contributed by atoms with E-state index in [0.29, 0.717) is 17.0 Å². The van der Waals surface area contributed by atoms with Crippen LogP contribution in [0.2, 0.25) is 5.02 Å². The number of aryl methyl sites for hydroxylation is 1. The van der Waals surface area contributed by atoms with Gasteiger partial charge in [0.1, 0.15) is 5.75 Å². The van der Waals surface area contributed by atoms with Crippen LogP contribution in [-0.4, -0.2) is 22.2 Å². The monoisotopic (exact) mass is 331 g/mol. The average Bonchev–Trinajstić information content (AvgIpc) is 2.53. The first kappa shape index (κ1) is 15.8. The Morgan fingerprint density at radius 1 is 1.22 bits per heavy atom. The van der Waals surface area contributed by atoms with Gasteiger partial charge in [-0.1, -0.05) is 29.8 Å². The quantitative estimate of drug-likeness (QED) is 0.810. The molecule has 23 heavy (non-hydrogen) atoms. The number of nitrogens with one attached hydrogen (secondary N) is 1. The number of aromatic hydroxyl groups is 1. The number of benzene rings is 2. The van der Waals surface area contributed by atoms with E-state index in [4.69, 9.17) is 11.6 Å². The summed E-state index contributed by atoms with van der Waals surface area (Å²) in [6, 6.07) is 11.9. The first-order valence-corrected chi connectivity index (χ1v) is 7.95. The lowest BCUT2D eigenvalue weighted by molar-refractivity contribution is -0.130. The molecule has 2 aromatic rings. The zero-order chi connectivity index (χ0) is 16.4. The van der Waals surface area contributed by atoms with Gasteiger partial charge in [-0.05, 0) is 60.2 Å². The largest absolute Gasteiger partial charge is 0.508 e. The standard InChI is InChI=1S/C18H18ClNO3/c19-14-3-1-2-12(8-14)17(22)18(23)20-15-6-4-11-5-7-16(21)10-13(11)9-15/h1-3,5,7-8,10,15,17,21-22H,4,6,9H2,(H,20,23). The predicted molar refractivity (Wildman–Crippen MR) is 88.5 cm³/mol. The minimum atomic E-state index is -1.24. The number of aliphatic hydroxyl groups is 1. The third kappa shape index (κ3) is 3.66. The Morgan fingerprint density at radius 3 is 2.83 bits per heavy atom. The highest BCUT2D eigenvalue weighted by Crippen LogP contribution is 2.25. The number of carbonyl (C=O) groups excluding carboxylic acids is 1. The number of phenolic OH excluding ortho intramolecular Hbond substituents is 1. The first-order chi connectivity index (χ1) is 11.0. The number of rotatable bonds is 3. The molecule has 1 aliphatic carbocycles. The van der Waals surface area contributed by atoms with Gasteiger partial charge in [0.15, 0.2) is 6.10 Å². The van der Waals surface area contributed by atoms with Gasteiger partial charge in [-0.15, -0.1) is 0 Å². The smallest absolute Gasteiger partial charge is 0.253 e. The van der Waals surface area contributed by atoms with Crippen LogP contribution in [0, 0.1) is 0 Å². The van der Waals surface area contributed by atoms with Gasteiger partial charge in [0.2, 0.25) is 0 Å². The lowest BCUT2D eigenvalue weighted by Gasteiger charge is -2.26. The number of carbonyl (C=O) groups is 1. The van der Waals surface area contributed by atoms with E-state index < -0.39 is 12.0 Å². The maximum Gasteiger partial charge on any atom is 0.253 e. The molecule has 1 aliphatic rings. The normalized spacial score (nSPS) is 18.1. The lowest BCUT2D eigenvalue weighted by Crippen LogP contribution is -2.41. The molecule has 2 aromatic carbocycles. The predicted octanol–water partition coefficient (Wildman–Crippen LogP) is 2.75. The fourth-order valence-corrected chi connectivity index (χ4v) is 3.17. The molecule has 5 heteroatoms. The molecule has 0 aliphatic heterocycles. The fraction of sp³-hybridized carbons (Fsp3) is 0.278. The van der Waals surface area contributed by atoms with Gasteiger partial charge in [0, 0.05) is 11.1 Å². The van der Waals surface area contributed by atoms with Crippen LogP contribution in [0.1, 0.15) is 29.2 Å². The Labute approximate surface area is 139 Å².